The largest absolute Gasteiger partial charge is 0.725 e. The molecule has 25 heteroatoms. The summed E-state index contributed by atoms with van der Waals surface area (Å²) in [5, 5.41) is 33.6. The van der Waals surface area contributed by atoms with Crippen LogP contribution in [0.3, 0.4) is 0 Å². The third-order valence-electron chi connectivity index (χ3n) is 21.2. The second kappa shape index (κ2) is 27.7. The molecule has 8 aliphatic carbocycles. The summed E-state index contributed by atoms with van der Waals surface area (Å²) in [6, 6.07) is 12.5. The fourth-order valence-corrected chi connectivity index (χ4v) is 19.7. The molecule has 0 amide bonds. The number of fused-ring (bicyclic) bond motifs is 10. The minimum absolute atomic E-state index is 0.0131. The van der Waals surface area contributed by atoms with Gasteiger partial charge in [0, 0.05) is 39.1 Å². The average molecular weight is 1340 g/mol. The molecule has 10 rings (SSSR count). The number of carbonyl (C=O) groups is 6. The monoisotopic (exact) mass is 1340 g/mol. The van der Waals surface area contributed by atoms with Crippen LogP contribution in [-0.4, -0.2) is 118 Å². The van der Waals surface area contributed by atoms with Crippen molar-refractivity contribution in [2.24, 2.45) is 57.2 Å². The lowest BCUT2D eigenvalue weighted by Crippen LogP contribution is -2.62. The summed E-state index contributed by atoms with van der Waals surface area (Å²) in [5.41, 5.74) is 1.77. The van der Waals surface area contributed by atoms with Gasteiger partial charge in [0.1, 0.15) is 0 Å². The number of ether oxygens (including phenoxy) is 5. The SMILES string of the molecule is CCOC(=O)O[C@@]1(C(=O)O)CCC2C3CCC4=CC(=O)C=CC4(C)C3C(O)CC21C.CCOC(=O)O[C@@]1(C(=O)OCCl)CCC2C3CCC4=CC(=O)C=CC4(C)C3C(O)CC21C.Cc1cc([S+](CCl)c2ccccc2)c(C)c(C)c1C.O=S(=O)([O-])OC(F)(F)F. The average Bonchev–Trinajstić information content (AvgIpc) is 1.41. The Morgan fingerprint density at radius 2 is 1.16 bits per heavy atom. The number of aliphatic hydroxyl groups excluding tert-OH is 2. The molecule has 6 fully saturated rings. The van der Waals surface area contributed by atoms with Crippen LogP contribution < -0.4 is 0 Å². The highest BCUT2D eigenvalue weighted by atomic mass is 35.5. The zero-order valence-electron chi connectivity index (χ0n) is 52.1. The predicted molar refractivity (Wildman–Crippen MR) is 325 cm³/mol. The highest BCUT2D eigenvalue weighted by Crippen LogP contribution is 2.70. The van der Waals surface area contributed by atoms with Gasteiger partial charge in [-0.3, -0.25) is 9.59 Å². The molecular formula is C65H81Cl2F3O18S2. The molecule has 15 atom stereocenters. The lowest BCUT2D eigenvalue weighted by atomic mass is 9.46. The van der Waals surface area contributed by atoms with Gasteiger partial charge in [-0.2, -0.15) is 4.18 Å². The van der Waals surface area contributed by atoms with Crippen molar-refractivity contribution in [2.75, 3.05) is 24.5 Å². The molecular weight excluding hydrogens is 1260 g/mol. The predicted octanol–water partition coefficient (Wildman–Crippen LogP) is 12.3. The molecule has 0 aromatic heterocycles. The van der Waals surface area contributed by atoms with E-state index < -0.39 is 86.1 Å². The van der Waals surface area contributed by atoms with Crippen LogP contribution in [0.25, 0.3) is 0 Å². The van der Waals surface area contributed by atoms with E-state index >= 15 is 0 Å². The van der Waals surface area contributed by atoms with Crippen molar-refractivity contribution < 1.29 is 98.1 Å². The first-order valence-corrected chi connectivity index (χ1v) is 33.8. The van der Waals surface area contributed by atoms with E-state index in [1.54, 1.807) is 38.2 Å². The summed E-state index contributed by atoms with van der Waals surface area (Å²) >= 11 is 12.0. The van der Waals surface area contributed by atoms with E-state index in [2.05, 4.69) is 77.9 Å². The molecule has 0 aliphatic heterocycles. The van der Waals surface area contributed by atoms with Gasteiger partial charge in [0.05, 0.1) is 36.3 Å². The maximum atomic E-state index is 13.2. The Bertz CT molecular complexity index is 3320. The van der Waals surface area contributed by atoms with Crippen LogP contribution in [0.4, 0.5) is 22.8 Å². The number of halogens is 5. The van der Waals surface area contributed by atoms with Crippen LogP contribution in [-0.2, 0) is 68.3 Å². The Morgan fingerprint density at radius 3 is 1.57 bits per heavy atom. The molecule has 496 valence electrons. The Labute approximate surface area is 536 Å². The van der Waals surface area contributed by atoms with Crippen molar-refractivity contribution in [1.82, 2.24) is 0 Å². The normalized spacial score (nSPS) is 33.8. The van der Waals surface area contributed by atoms with E-state index in [0.717, 1.165) is 36.8 Å². The Hall–Kier alpha value is -5.27. The topological polar surface area (TPSA) is 276 Å². The summed E-state index contributed by atoms with van der Waals surface area (Å²) in [7, 11) is -5.69. The number of aliphatic carboxylic acids is 1. The Morgan fingerprint density at radius 1 is 0.700 bits per heavy atom. The maximum Gasteiger partial charge on any atom is 0.536 e. The molecule has 0 saturated heterocycles. The highest BCUT2D eigenvalue weighted by molar-refractivity contribution is 7.98. The first kappa shape index (κ1) is 72.2. The molecule has 0 bridgehead atoms. The number of esters is 1. The number of carbonyl (C=O) groups excluding carboxylic acids is 5. The fourth-order valence-electron chi connectivity index (χ4n) is 16.9. The molecule has 6 saturated carbocycles. The molecule has 0 spiro atoms. The molecule has 90 heavy (non-hydrogen) atoms. The lowest BCUT2D eigenvalue weighted by molar-refractivity contribution is -0.275. The molecule has 2 aromatic carbocycles. The lowest BCUT2D eigenvalue weighted by Gasteiger charge is -2.59. The van der Waals surface area contributed by atoms with Crippen molar-refractivity contribution in [3.05, 3.63) is 106 Å². The Kier molecular flexibility index (Phi) is 22.2. The number of hydrogen-bond acceptors (Lipinski definition) is 17. The highest BCUT2D eigenvalue weighted by Gasteiger charge is 2.73. The van der Waals surface area contributed by atoms with E-state index in [-0.39, 0.29) is 103 Å². The first-order valence-electron chi connectivity index (χ1n) is 30.0. The molecule has 8 aliphatic rings. The van der Waals surface area contributed by atoms with Gasteiger partial charge in [-0.15, -0.1) is 13.2 Å². The van der Waals surface area contributed by atoms with Gasteiger partial charge >= 0.3 is 30.6 Å². The van der Waals surface area contributed by atoms with Crippen molar-refractivity contribution >= 4 is 80.3 Å². The van der Waals surface area contributed by atoms with E-state index in [4.69, 9.17) is 59.9 Å². The van der Waals surface area contributed by atoms with Gasteiger partial charge in [-0.25, -0.2) is 27.6 Å². The second-order valence-electron chi connectivity index (χ2n) is 25.4. The summed E-state index contributed by atoms with van der Waals surface area (Å²) in [6.45, 7) is 20.2. The molecule has 0 radical (unpaired) electrons. The van der Waals surface area contributed by atoms with Crippen LogP contribution in [0.15, 0.2) is 93.8 Å². The van der Waals surface area contributed by atoms with Crippen LogP contribution in [0.2, 0.25) is 0 Å². The van der Waals surface area contributed by atoms with Crippen LogP contribution in [0.1, 0.15) is 128 Å². The third-order valence-corrected chi connectivity index (χ3v) is 24.3. The van der Waals surface area contributed by atoms with Gasteiger partial charge in [-0.05, 0) is 189 Å². The number of benzene rings is 2. The minimum Gasteiger partial charge on any atom is -0.725 e. The quantitative estimate of drug-likeness (QED) is 0.0471. The van der Waals surface area contributed by atoms with Crippen LogP contribution >= 0.6 is 23.2 Å². The molecule has 3 N–H and O–H groups in total. The number of hydrogen-bond donors (Lipinski definition) is 3. The van der Waals surface area contributed by atoms with Crippen molar-refractivity contribution in [3.63, 3.8) is 0 Å². The standard InChI is InChI=1S/C24H31ClO7.C23H30O7.C17H20ClS.CHF3O4S/c1-4-30-21(29)32-24(20(28)31-13-25)10-8-17-16-6-5-14-11-15(26)7-9-22(14,2)19(16)18(27)12-23(17,24)3;1-4-29-20(28)30-23(19(26)27)10-8-16-15-6-5-13-11-14(24)7-9-21(13,2)18(15)17(25)12-22(16,23)3;1-12-10-17(15(4)14(3)13(12)2)19(11-18)16-8-6-5-7-9-16;2-1(3,4)8-9(5,6)7/h7,9,11,16-19,27H,4-6,8,10,12-13H2,1-3H3;7,9,11,15-18,25H,4-6,8,10,12H2,1-3H3,(H,26,27);5-10H,11H2,1-4H3;(H,5,6,7)/q;;+1;/p-1/t16?,17?,18?,19?,22?,23?,24-;15?,16?,17?,18?,21?,22?,23-;;/m11../s1. The van der Waals surface area contributed by atoms with E-state index in [0.29, 0.717) is 18.1 Å². The number of aryl methyl sites for hydroxylation is 1. The van der Waals surface area contributed by atoms with Crippen molar-refractivity contribution in [2.45, 2.75) is 173 Å². The zero-order chi connectivity index (χ0) is 66.9. The van der Waals surface area contributed by atoms with Crippen molar-refractivity contribution in [1.29, 1.82) is 0 Å². The summed E-state index contributed by atoms with van der Waals surface area (Å²) in [5.74, 6) is -1.93. The van der Waals surface area contributed by atoms with E-state index in [1.165, 1.54) is 32.0 Å². The van der Waals surface area contributed by atoms with E-state index in [1.807, 2.05) is 30.2 Å². The number of rotatable bonds is 11. The van der Waals surface area contributed by atoms with E-state index in [9.17, 15) is 57.3 Å². The number of aliphatic hydroxyl groups is 2. The van der Waals surface area contributed by atoms with Gasteiger partial charge in [0.2, 0.25) is 21.6 Å². The third kappa shape index (κ3) is 13.9. The number of carboxylic acid groups (broad SMARTS) is 1. The number of alkyl halides is 5. The van der Waals surface area contributed by atoms with Gasteiger partial charge in [-0.1, -0.05) is 92.4 Å². The van der Waals surface area contributed by atoms with Gasteiger partial charge in [0.25, 0.3) is 0 Å². The number of carboxylic acids is 1. The number of allylic oxidation sites excluding steroid dienone is 8. The summed E-state index contributed by atoms with van der Waals surface area (Å²) < 4.78 is 88.0. The minimum atomic E-state index is -5.66. The number of ketones is 2. The maximum absolute atomic E-state index is 13.2. The second-order valence-corrected chi connectivity index (χ2v) is 29.2. The first-order chi connectivity index (χ1) is 42.0. The molecule has 2 aromatic rings. The van der Waals surface area contributed by atoms with Crippen LogP contribution in [0.5, 0.6) is 0 Å². The smallest absolute Gasteiger partial charge is 0.536 e. The zero-order valence-corrected chi connectivity index (χ0v) is 55.3. The van der Waals surface area contributed by atoms with Gasteiger partial charge in [0.15, 0.2) is 32.6 Å². The summed E-state index contributed by atoms with van der Waals surface area (Å²) in [6.07, 6.45) is 6.87. The molecule has 13 unspecified atom stereocenters. The Balaban J connectivity index is 0.000000184. The van der Waals surface area contributed by atoms with Crippen LogP contribution in [0, 0.1) is 84.9 Å². The van der Waals surface area contributed by atoms with Gasteiger partial charge < -0.3 is 43.6 Å². The fraction of sp³-hybridized carbons (Fsp3) is 0.600. The van der Waals surface area contributed by atoms with Crippen molar-refractivity contribution in [3.8, 4) is 0 Å². The molecule has 0 heterocycles. The molecule has 18 nitrogen and oxygen atoms in total. The summed E-state index contributed by atoms with van der Waals surface area (Å²) in [4.78, 5) is 76.7.